The molecule has 0 aliphatic rings. The van der Waals surface area contributed by atoms with Crippen molar-refractivity contribution in [3.8, 4) is 0 Å². The molecule has 3 rings (SSSR count). The first-order valence-corrected chi connectivity index (χ1v) is 7.15. The van der Waals surface area contributed by atoms with Gasteiger partial charge in [0.15, 0.2) is 17.4 Å². The summed E-state index contributed by atoms with van der Waals surface area (Å²) in [6.07, 6.45) is 1.44. The molecular formula is C17H16N4O2. The van der Waals surface area contributed by atoms with Crippen molar-refractivity contribution >= 4 is 23.2 Å². The highest BCUT2D eigenvalue weighted by Gasteiger charge is 2.09. The Labute approximate surface area is 133 Å². The summed E-state index contributed by atoms with van der Waals surface area (Å²) in [4.78, 5) is 11.8. The van der Waals surface area contributed by atoms with Gasteiger partial charge in [0, 0.05) is 5.69 Å². The van der Waals surface area contributed by atoms with E-state index in [4.69, 9.17) is 4.42 Å². The summed E-state index contributed by atoms with van der Waals surface area (Å²) in [5.74, 6) is 0.824. The number of carbonyl (C=O) groups is 1. The Morgan fingerprint density at radius 1 is 1.00 bits per heavy atom. The highest BCUT2D eigenvalue weighted by molar-refractivity contribution is 6.01. The number of carbonyl (C=O) groups excluding carboxylic acids is 1. The summed E-state index contributed by atoms with van der Waals surface area (Å²) in [6, 6.07) is 12.7. The van der Waals surface area contributed by atoms with E-state index in [1.807, 2.05) is 18.2 Å². The number of nitrogens with zero attached hydrogens (tertiary/aromatic N) is 2. The zero-order valence-corrected chi connectivity index (χ0v) is 12.8. The number of anilines is 3. The zero-order valence-electron chi connectivity index (χ0n) is 12.8. The van der Waals surface area contributed by atoms with Crippen molar-refractivity contribution in [1.82, 2.24) is 10.2 Å². The number of hydrogen-bond donors (Lipinski definition) is 2. The molecule has 3 aromatic rings. The summed E-state index contributed by atoms with van der Waals surface area (Å²) in [7, 11) is 0. The van der Waals surface area contributed by atoms with Gasteiger partial charge in [0.25, 0.3) is 5.91 Å². The summed E-state index contributed by atoms with van der Waals surface area (Å²) >= 11 is 0. The lowest BCUT2D eigenvalue weighted by Crippen LogP contribution is -2.12. The average Bonchev–Trinajstić information content (AvgIpc) is 3.07. The molecular weight excluding hydrogens is 292 g/mol. The van der Waals surface area contributed by atoms with Gasteiger partial charge in [0.1, 0.15) is 0 Å². The van der Waals surface area contributed by atoms with Gasteiger partial charge in [-0.2, -0.15) is 0 Å². The lowest BCUT2D eigenvalue weighted by molar-refractivity contribution is 0.0996. The maximum Gasteiger partial charge on any atom is 0.292 e. The van der Waals surface area contributed by atoms with Gasteiger partial charge in [-0.15, -0.1) is 10.2 Å². The molecule has 6 heteroatoms. The van der Waals surface area contributed by atoms with Gasteiger partial charge in [0.05, 0.1) is 6.26 Å². The lowest BCUT2D eigenvalue weighted by Gasteiger charge is -2.08. The van der Waals surface area contributed by atoms with Crippen LogP contribution in [-0.4, -0.2) is 16.1 Å². The van der Waals surface area contributed by atoms with Crippen molar-refractivity contribution < 1.29 is 9.21 Å². The van der Waals surface area contributed by atoms with Crippen LogP contribution >= 0.6 is 0 Å². The third-order valence-electron chi connectivity index (χ3n) is 3.43. The van der Waals surface area contributed by atoms with E-state index in [2.05, 4.69) is 34.7 Å². The molecule has 0 spiro atoms. The minimum Gasteiger partial charge on any atom is -0.459 e. The highest BCUT2D eigenvalue weighted by Crippen LogP contribution is 2.18. The van der Waals surface area contributed by atoms with Crippen LogP contribution in [0.4, 0.5) is 17.3 Å². The lowest BCUT2D eigenvalue weighted by atomic mass is 10.1. The molecule has 0 saturated carbocycles. The third-order valence-corrected chi connectivity index (χ3v) is 3.43. The van der Waals surface area contributed by atoms with Gasteiger partial charge in [-0.25, -0.2) is 0 Å². The topological polar surface area (TPSA) is 80.0 Å². The Morgan fingerprint density at radius 2 is 1.78 bits per heavy atom. The molecule has 0 bridgehead atoms. The molecule has 0 unspecified atom stereocenters. The number of amides is 1. The van der Waals surface area contributed by atoms with Gasteiger partial charge in [-0.3, -0.25) is 4.79 Å². The molecule has 0 atom stereocenters. The van der Waals surface area contributed by atoms with Gasteiger partial charge in [-0.05, 0) is 61.4 Å². The minimum atomic E-state index is -0.362. The van der Waals surface area contributed by atoms with Crippen LogP contribution in [0, 0.1) is 13.8 Å². The Hall–Kier alpha value is -3.15. The molecule has 1 aromatic carbocycles. The average molecular weight is 308 g/mol. The van der Waals surface area contributed by atoms with E-state index in [1.165, 1.54) is 17.4 Å². The van der Waals surface area contributed by atoms with E-state index in [0.717, 1.165) is 5.69 Å². The van der Waals surface area contributed by atoms with Crippen LogP contribution in [0.3, 0.4) is 0 Å². The number of furan rings is 1. The minimum absolute atomic E-state index is 0.226. The standard InChI is InChI=1S/C17H16N4O2/c1-11-5-6-13(10-12(11)2)18-15-7-8-16(21-20-15)19-17(22)14-4-3-9-23-14/h3-10H,1-2H3,(H,18,20)(H,19,21,22). The Morgan fingerprint density at radius 3 is 2.43 bits per heavy atom. The van der Waals surface area contributed by atoms with Crippen molar-refractivity contribution in [2.24, 2.45) is 0 Å². The van der Waals surface area contributed by atoms with E-state index in [9.17, 15) is 4.79 Å². The number of aromatic nitrogens is 2. The normalized spacial score (nSPS) is 10.3. The first-order valence-electron chi connectivity index (χ1n) is 7.15. The maximum atomic E-state index is 11.8. The first-order chi connectivity index (χ1) is 11.1. The monoisotopic (exact) mass is 308 g/mol. The third kappa shape index (κ3) is 3.55. The molecule has 0 aliphatic heterocycles. The molecule has 0 saturated heterocycles. The second kappa shape index (κ2) is 6.31. The molecule has 2 aromatic heterocycles. The van der Waals surface area contributed by atoms with E-state index >= 15 is 0 Å². The van der Waals surface area contributed by atoms with Crippen molar-refractivity contribution in [1.29, 1.82) is 0 Å². The van der Waals surface area contributed by atoms with Crippen LogP contribution < -0.4 is 10.6 Å². The molecule has 0 radical (unpaired) electrons. The predicted octanol–water partition coefficient (Wildman–Crippen LogP) is 3.68. The van der Waals surface area contributed by atoms with Crippen molar-refractivity contribution in [3.05, 3.63) is 65.6 Å². The second-order valence-corrected chi connectivity index (χ2v) is 5.16. The number of hydrogen-bond acceptors (Lipinski definition) is 5. The van der Waals surface area contributed by atoms with Gasteiger partial charge in [0.2, 0.25) is 0 Å². The van der Waals surface area contributed by atoms with Crippen LogP contribution in [0.15, 0.2) is 53.1 Å². The Balaban J connectivity index is 1.67. The molecule has 2 N–H and O–H groups in total. The summed E-state index contributed by atoms with van der Waals surface area (Å²) < 4.78 is 5.02. The van der Waals surface area contributed by atoms with Gasteiger partial charge >= 0.3 is 0 Å². The number of benzene rings is 1. The fraction of sp³-hybridized carbons (Fsp3) is 0.118. The molecule has 0 aliphatic carbocycles. The number of nitrogens with one attached hydrogen (secondary N) is 2. The van der Waals surface area contributed by atoms with E-state index in [1.54, 1.807) is 24.3 Å². The molecule has 116 valence electrons. The largest absolute Gasteiger partial charge is 0.459 e. The van der Waals surface area contributed by atoms with Crippen LogP contribution in [0.5, 0.6) is 0 Å². The van der Waals surface area contributed by atoms with Crippen LogP contribution in [0.2, 0.25) is 0 Å². The molecule has 1 amide bonds. The zero-order chi connectivity index (χ0) is 16.2. The van der Waals surface area contributed by atoms with Crippen LogP contribution in [0.25, 0.3) is 0 Å². The smallest absolute Gasteiger partial charge is 0.292 e. The van der Waals surface area contributed by atoms with Crippen molar-refractivity contribution in [2.45, 2.75) is 13.8 Å². The molecule has 6 nitrogen and oxygen atoms in total. The molecule has 2 heterocycles. The molecule has 23 heavy (non-hydrogen) atoms. The van der Waals surface area contributed by atoms with E-state index < -0.39 is 0 Å². The second-order valence-electron chi connectivity index (χ2n) is 5.16. The van der Waals surface area contributed by atoms with Crippen molar-refractivity contribution in [3.63, 3.8) is 0 Å². The van der Waals surface area contributed by atoms with Gasteiger partial charge < -0.3 is 15.1 Å². The summed E-state index contributed by atoms with van der Waals surface area (Å²) in [5, 5.41) is 13.8. The highest BCUT2D eigenvalue weighted by atomic mass is 16.3. The number of rotatable bonds is 4. The quantitative estimate of drug-likeness (QED) is 0.768. The van der Waals surface area contributed by atoms with E-state index in [0.29, 0.717) is 11.6 Å². The predicted molar refractivity (Wildman–Crippen MR) is 87.9 cm³/mol. The first kappa shape index (κ1) is 14.8. The fourth-order valence-electron chi connectivity index (χ4n) is 2.02. The molecule has 0 fully saturated rings. The maximum absolute atomic E-state index is 11.8. The number of aryl methyl sites for hydroxylation is 2. The Bertz CT molecular complexity index is 811. The summed E-state index contributed by atoms with van der Waals surface area (Å²) in [6.45, 7) is 4.12. The summed E-state index contributed by atoms with van der Waals surface area (Å²) in [5.41, 5.74) is 3.37. The van der Waals surface area contributed by atoms with Crippen LogP contribution in [0.1, 0.15) is 21.7 Å². The van der Waals surface area contributed by atoms with Gasteiger partial charge in [-0.1, -0.05) is 6.07 Å². The fourth-order valence-corrected chi connectivity index (χ4v) is 2.02. The SMILES string of the molecule is Cc1ccc(Nc2ccc(NC(=O)c3ccco3)nn2)cc1C. The van der Waals surface area contributed by atoms with Crippen LogP contribution in [-0.2, 0) is 0 Å². The van der Waals surface area contributed by atoms with Crippen molar-refractivity contribution in [2.75, 3.05) is 10.6 Å². The Kier molecular flexibility index (Phi) is 4.05. The van der Waals surface area contributed by atoms with E-state index in [-0.39, 0.29) is 11.7 Å².